The molecular weight excluding hydrogens is 308 g/mol. The van der Waals surface area contributed by atoms with Gasteiger partial charge >= 0.3 is 6.03 Å². The third kappa shape index (κ3) is 2.35. The number of imide groups is 1. The van der Waals surface area contributed by atoms with Crippen molar-refractivity contribution in [3.63, 3.8) is 0 Å². The second-order valence-electron chi connectivity index (χ2n) is 5.68. The summed E-state index contributed by atoms with van der Waals surface area (Å²) >= 11 is 0. The topological polar surface area (TPSA) is 109 Å². The third-order valence-corrected chi connectivity index (χ3v) is 4.91. The Bertz CT molecular complexity index is 740. The van der Waals surface area contributed by atoms with Gasteiger partial charge in [0.15, 0.2) is 0 Å². The van der Waals surface area contributed by atoms with Gasteiger partial charge in [0.25, 0.3) is 5.91 Å². The Morgan fingerprint density at radius 2 is 1.91 bits per heavy atom. The average molecular weight is 324 g/mol. The van der Waals surface area contributed by atoms with Gasteiger partial charge < -0.3 is 5.32 Å². The van der Waals surface area contributed by atoms with Crippen molar-refractivity contribution >= 4 is 27.6 Å². The van der Waals surface area contributed by atoms with Crippen molar-refractivity contribution in [2.75, 3.05) is 11.2 Å². The first kappa shape index (κ1) is 14.9. The third-order valence-electron chi connectivity index (χ3n) is 4.05. The van der Waals surface area contributed by atoms with Gasteiger partial charge in [-0.15, -0.1) is 0 Å². The summed E-state index contributed by atoms with van der Waals surface area (Å²) in [7, 11) is -3.62. The van der Waals surface area contributed by atoms with Crippen LogP contribution in [0.2, 0.25) is 0 Å². The number of nitrogens with one attached hydrogen (secondary N) is 1. The highest BCUT2D eigenvalue weighted by molar-refractivity contribution is 7.90. The lowest BCUT2D eigenvalue weighted by Crippen LogP contribution is -2.48. The molecule has 1 aliphatic heterocycles. The second-order valence-corrected chi connectivity index (χ2v) is 7.59. The van der Waals surface area contributed by atoms with Gasteiger partial charge in [-0.2, -0.15) is 4.98 Å². The zero-order valence-corrected chi connectivity index (χ0v) is 12.9. The van der Waals surface area contributed by atoms with Crippen LogP contribution in [0.25, 0.3) is 0 Å². The molecule has 1 aromatic rings. The molecule has 3 amide bonds. The molecule has 2 fully saturated rings. The fourth-order valence-corrected chi connectivity index (χ4v) is 3.47. The van der Waals surface area contributed by atoms with E-state index in [1.807, 2.05) is 0 Å². The van der Waals surface area contributed by atoms with Crippen molar-refractivity contribution in [3.8, 4) is 0 Å². The van der Waals surface area contributed by atoms with Crippen LogP contribution in [0.15, 0.2) is 17.4 Å². The number of carbonyl (C=O) groups is 2. The van der Waals surface area contributed by atoms with Crippen LogP contribution in [0.4, 0.5) is 10.6 Å². The number of nitrogens with zero attached hydrogens (tertiary/aromatic N) is 3. The van der Waals surface area contributed by atoms with Crippen LogP contribution < -0.4 is 10.2 Å². The summed E-state index contributed by atoms with van der Waals surface area (Å²) in [4.78, 5) is 33.3. The summed E-state index contributed by atoms with van der Waals surface area (Å²) in [5.41, 5.74) is -0.870. The summed E-state index contributed by atoms with van der Waals surface area (Å²) in [5.74, 6) is -0.379. The molecule has 1 aliphatic carbocycles. The van der Waals surface area contributed by atoms with Crippen LogP contribution in [0.1, 0.15) is 32.1 Å². The fraction of sp³-hybridized carbons (Fsp3) is 0.538. The van der Waals surface area contributed by atoms with Crippen molar-refractivity contribution in [3.05, 3.63) is 12.3 Å². The maximum Gasteiger partial charge on any atom is 0.330 e. The zero-order valence-electron chi connectivity index (χ0n) is 12.1. The van der Waals surface area contributed by atoms with Crippen LogP contribution in [0, 0.1) is 0 Å². The van der Waals surface area contributed by atoms with E-state index in [0.717, 1.165) is 30.4 Å². The summed E-state index contributed by atoms with van der Waals surface area (Å²) in [6, 6.07) is 0.790. The van der Waals surface area contributed by atoms with Crippen molar-refractivity contribution in [1.29, 1.82) is 0 Å². The Morgan fingerprint density at radius 1 is 1.23 bits per heavy atom. The van der Waals surface area contributed by atoms with Crippen LogP contribution in [-0.4, -0.2) is 42.1 Å². The van der Waals surface area contributed by atoms with Gasteiger partial charge in [-0.3, -0.25) is 4.79 Å². The molecule has 3 rings (SSSR count). The molecule has 22 heavy (non-hydrogen) atoms. The first-order valence-corrected chi connectivity index (χ1v) is 8.92. The number of hydrogen-bond donors (Lipinski definition) is 1. The summed E-state index contributed by atoms with van der Waals surface area (Å²) in [5, 5.41) is 2.35. The molecule has 118 valence electrons. The Morgan fingerprint density at radius 3 is 2.55 bits per heavy atom. The molecule has 1 spiro atoms. The van der Waals surface area contributed by atoms with Gasteiger partial charge in [0.05, 0.1) is 0 Å². The lowest BCUT2D eigenvalue weighted by atomic mass is 9.82. The summed E-state index contributed by atoms with van der Waals surface area (Å²) in [6.45, 7) is 0. The monoisotopic (exact) mass is 324 g/mol. The van der Waals surface area contributed by atoms with Gasteiger partial charge in [0, 0.05) is 18.5 Å². The maximum absolute atomic E-state index is 12.7. The average Bonchev–Trinajstić information content (AvgIpc) is 2.70. The highest BCUT2D eigenvalue weighted by Crippen LogP contribution is 2.35. The molecule has 1 aromatic heterocycles. The van der Waals surface area contributed by atoms with Crippen LogP contribution in [-0.2, 0) is 14.6 Å². The standard InChI is InChI=1S/C13H16N4O4S/c1-22(20,21)11-14-8-5-9(15-11)17-10(18)13(16-12(17)19)6-3-2-4-7-13/h5,8H,2-4,6-7H2,1H3,(H,16,19). The number of hydrogen-bond acceptors (Lipinski definition) is 6. The number of urea groups is 1. The van der Waals surface area contributed by atoms with E-state index in [9.17, 15) is 18.0 Å². The molecule has 1 saturated heterocycles. The quantitative estimate of drug-likeness (QED) is 0.631. The Hall–Kier alpha value is -2.03. The lowest BCUT2D eigenvalue weighted by molar-refractivity contribution is -0.123. The highest BCUT2D eigenvalue weighted by Gasteiger charge is 2.52. The van der Waals surface area contributed by atoms with E-state index >= 15 is 0 Å². The fourth-order valence-electron chi connectivity index (χ4n) is 2.96. The predicted molar refractivity (Wildman–Crippen MR) is 77.0 cm³/mol. The second kappa shape index (κ2) is 5.01. The molecule has 2 aliphatic rings. The molecule has 2 heterocycles. The van der Waals surface area contributed by atoms with Crippen LogP contribution in [0.3, 0.4) is 0 Å². The minimum atomic E-state index is -3.62. The molecule has 1 saturated carbocycles. The van der Waals surface area contributed by atoms with E-state index in [2.05, 4.69) is 15.3 Å². The molecule has 0 aromatic carbocycles. The zero-order chi connectivity index (χ0) is 16.0. The van der Waals surface area contributed by atoms with Gasteiger partial charge in [-0.1, -0.05) is 19.3 Å². The number of rotatable bonds is 2. The summed E-state index contributed by atoms with van der Waals surface area (Å²) in [6.07, 6.45) is 6.18. The van der Waals surface area contributed by atoms with E-state index in [1.165, 1.54) is 12.3 Å². The number of amides is 3. The van der Waals surface area contributed by atoms with Crippen molar-refractivity contribution in [2.45, 2.75) is 42.8 Å². The SMILES string of the molecule is CS(=O)(=O)c1nccc(N2C(=O)NC3(CCCCC3)C2=O)n1. The molecule has 9 heteroatoms. The van der Waals surface area contributed by atoms with Crippen molar-refractivity contribution in [2.24, 2.45) is 0 Å². The first-order chi connectivity index (χ1) is 10.3. The number of sulfone groups is 1. The van der Waals surface area contributed by atoms with Crippen molar-refractivity contribution < 1.29 is 18.0 Å². The molecule has 0 radical (unpaired) electrons. The van der Waals surface area contributed by atoms with Gasteiger partial charge in [0.1, 0.15) is 11.4 Å². The van der Waals surface area contributed by atoms with Gasteiger partial charge in [-0.05, 0) is 12.8 Å². The molecule has 1 N–H and O–H groups in total. The van der Waals surface area contributed by atoms with Crippen LogP contribution in [0.5, 0.6) is 0 Å². The Balaban J connectivity index is 1.98. The summed E-state index contributed by atoms with van der Waals surface area (Å²) < 4.78 is 23.1. The predicted octanol–water partition coefficient (Wildman–Crippen LogP) is 0.639. The molecule has 0 unspecified atom stereocenters. The van der Waals surface area contributed by atoms with Crippen LogP contribution >= 0.6 is 0 Å². The first-order valence-electron chi connectivity index (χ1n) is 7.03. The molecule has 0 bridgehead atoms. The Kier molecular flexibility index (Phi) is 3.39. The number of carbonyl (C=O) groups excluding carboxylic acids is 2. The van der Waals surface area contributed by atoms with E-state index in [-0.39, 0.29) is 11.7 Å². The number of aromatic nitrogens is 2. The number of anilines is 1. The van der Waals surface area contributed by atoms with Crippen molar-refractivity contribution in [1.82, 2.24) is 15.3 Å². The highest BCUT2D eigenvalue weighted by atomic mass is 32.2. The minimum Gasteiger partial charge on any atom is -0.323 e. The normalized spacial score (nSPS) is 21.2. The van der Waals surface area contributed by atoms with Gasteiger partial charge in [-0.25, -0.2) is 23.1 Å². The largest absolute Gasteiger partial charge is 0.330 e. The van der Waals surface area contributed by atoms with E-state index in [0.29, 0.717) is 12.8 Å². The maximum atomic E-state index is 12.7. The smallest absolute Gasteiger partial charge is 0.323 e. The van der Waals surface area contributed by atoms with E-state index in [4.69, 9.17) is 0 Å². The molecular formula is C13H16N4O4S. The van der Waals surface area contributed by atoms with E-state index in [1.54, 1.807) is 0 Å². The van der Waals surface area contributed by atoms with E-state index < -0.39 is 26.6 Å². The molecule has 8 nitrogen and oxygen atoms in total. The lowest BCUT2D eigenvalue weighted by Gasteiger charge is -2.30. The Labute approximate surface area is 127 Å². The van der Waals surface area contributed by atoms with Gasteiger partial charge in [0.2, 0.25) is 15.0 Å². The molecule has 0 atom stereocenters. The minimum absolute atomic E-state index is 0.0135.